The van der Waals surface area contributed by atoms with Crippen LogP contribution in [0.15, 0.2) is 30.5 Å². The van der Waals surface area contributed by atoms with E-state index in [0.29, 0.717) is 11.5 Å². The Labute approximate surface area is 91.6 Å². The van der Waals surface area contributed by atoms with Crippen LogP contribution in [-0.4, -0.2) is 25.7 Å². The molecular formula is C11H10N2O3. The van der Waals surface area contributed by atoms with Crippen molar-refractivity contribution in [3.8, 4) is 11.6 Å². The molecule has 0 bridgehead atoms. The van der Waals surface area contributed by atoms with Crippen LogP contribution in [0.5, 0.6) is 5.88 Å². The summed E-state index contributed by atoms with van der Waals surface area (Å²) in [6.45, 7) is 1.69. The Kier molecular flexibility index (Phi) is 2.36. The van der Waals surface area contributed by atoms with Crippen molar-refractivity contribution in [3.63, 3.8) is 0 Å². The number of aromatic carboxylic acids is 1. The summed E-state index contributed by atoms with van der Waals surface area (Å²) >= 11 is 0. The normalized spacial score (nSPS) is 10.3. The summed E-state index contributed by atoms with van der Waals surface area (Å²) in [6, 6.07) is 6.56. The molecule has 0 unspecified atom stereocenters. The first kappa shape index (κ1) is 10.2. The predicted molar refractivity (Wildman–Crippen MR) is 56.9 cm³/mol. The van der Waals surface area contributed by atoms with Gasteiger partial charge in [0.1, 0.15) is 5.82 Å². The van der Waals surface area contributed by atoms with Gasteiger partial charge < -0.3 is 10.2 Å². The highest BCUT2D eigenvalue weighted by Gasteiger charge is 2.13. The Morgan fingerprint density at radius 1 is 1.38 bits per heavy atom. The molecule has 0 spiro atoms. The number of carbonyl (C=O) groups is 1. The number of aryl methyl sites for hydroxylation is 1. The lowest BCUT2D eigenvalue weighted by atomic mass is 10.2. The van der Waals surface area contributed by atoms with Gasteiger partial charge in [-0.05, 0) is 19.1 Å². The Balaban J connectivity index is 2.64. The van der Waals surface area contributed by atoms with Gasteiger partial charge in [0.15, 0.2) is 0 Å². The number of benzene rings is 1. The third-order valence-corrected chi connectivity index (χ3v) is 2.26. The van der Waals surface area contributed by atoms with E-state index in [9.17, 15) is 9.90 Å². The van der Waals surface area contributed by atoms with Crippen molar-refractivity contribution < 1.29 is 15.0 Å². The number of nitrogens with zero attached hydrogens (tertiary/aromatic N) is 2. The minimum atomic E-state index is -1.01. The first-order chi connectivity index (χ1) is 7.59. The van der Waals surface area contributed by atoms with E-state index in [1.807, 2.05) is 0 Å². The number of hydrogen-bond donors (Lipinski definition) is 2. The third-order valence-electron chi connectivity index (χ3n) is 2.26. The van der Waals surface area contributed by atoms with Crippen LogP contribution < -0.4 is 0 Å². The van der Waals surface area contributed by atoms with E-state index in [-0.39, 0.29) is 11.4 Å². The molecule has 0 aliphatic carbocycles. The van der Waals surface area contributed by atoms with E-state index in [1.165, 1.54) is 12.3 Å². The number of aromatic nitrogens is 2. The lowest BCUT2D eigenvalue weighted by Gasteiger charge is -2.07. The molecule has 0 radical (unpaired) electrons. The minimum Gasteiger partial charge on any atom is -0.492 e. The van der Waals surface area contributed by atoms with Gasteiger partial charge in [0.05, 0.1) is 17.4 Å². The summed E-state index contributed by atoms with van der Waals surface area (Å²) in [5.41, 5.74) is 0.656. The SMILES string of the molecule is Cc1nc(O)cn1-c1ccccc1C(=O)O. The van der Waals surface area contributed by atoms with Gasteiger partial charge >= 0.3 is 5.97 Å². The summed E-state index contributed by atoms with van der Waals surface area (Å²) in [7, 11) is 0. The van der Waals surface area contributed by atoms with Gasteiger partial charge in [0, 0.05) is 0 Å². The van der Waals surface area contributed by atoms with Crippen molar-refractivity contribution in [1.29, 1.82) is 0 Å². The molecule has 2 N–H and O–H groups in total. The lowest BCUT2D eigenvalue weighted by molar-refractivity contribution is 0.0697. The topological polar surface area (TPSA) is 75.4 Å². The van der Waals surface area contributed by atoms with Crippen molar-refractivity contribution in [2.45, 2.75) is 6.92 Å². The monoisotopic (exact) mass is 218 g/mol. The molecule has 1 aromatic heterocycles. The molecule has 0 saturated carbocycles. The van der Waals surface area contributed by atoms with Crippen molar-refractivity contribution in [1.82, 2.24) is 9.55 Å². The molecule has 0 amide bonds. The molecule has 0 fully saturated rings. The van der Waals surface area contributed by atoms with E-state index < -0.39 is 5.97 Å². The molecule has 0 atom stereocenters. The summed E-state index contributed by atoms with van der Waals surface area (Å²) in [6.07, 6.45) is 1.39. The lowest BCUT2D eigenvalue weighted by Crippen LogP contribution is -2.05. The van der Waals surface area contributed by atoms with Gasteiger partial charge in [-0.25, -0.2) is 4.79 Å². The molecular weight excluding hydrogens is 208 g/mol. The van der Waals surface area contributed by atoms with Crippen LogP contribution in [0.25, 0.3) is 5.69 Å². The first-order valence-corrected chi connectivity index (χ1v) is 4.67. The summed E-state index contributed by atoms with van der Waals surface area (Å²) in [4.78, 5) is 14.8. The molecule has 1 aromatic carbocycles. The third kappa shape index (κ3) is 1.63. The van der Waals surface area contributed by atoms with E-state index in [0.717, 1.165) is 0 Å². The second-order valence-electron chi connectivity index (χ2n) is 3.34. The zero-order valence-corrected chi connectivity index (χ0v) is 8.58. The summed E-state index contributed by atoms with van der Waals surface area (Å²) in [5.74, 6) is -0.605. The molecule has 5 heteroatoms. The van der Waals surface area contributed by atoms with Crippen LogP contribution >= 0.6 is 0 Å². The molecule has 2 rings (SSSR count). The van der Waals surface area contributed by atoms with Gasteiger partial charge in [-0.3, -0.25) is 4.57 Å². The zero-order chi connectivity index (χ0) is 11.7. The maximum Gasteiger partial charge on any atom is 0.337 e. The largest absolute Gasteiger partial charge is 0.492 e. The Bertz CT molecular complexity index is 546. The number of aromatic hydroxyl groups is 1. The summed E-state index contributed by atoms with van der Waals surface area (Å²) < 4.78 is 1.54. The van der Waals surface area contributed by atoms with Crippen LogP contribution in [-0.2, 0) is 0 Å². The van der Waals surface area contributed by atoms with Crippen LogP contribution in [0, 0.1) is 6.92 Å². The zero-order valence-electron chi connectivity index (χ0n) is 8.58. The molecule has 0 aliphatic heterocycles. The molecule has 1 heterocycles. The van der Waals surface area contributed by atoms with E-state index in [2.05, 4.69) is 4.98 Å². The maximum atomic E-state index is 11.0. The number of carboxylic acids is 1. The number of imidazole rings is 1. The van der Waals surface area contributed by atoms with Gasteiger partial charge in [0.25, 0.3) is 0 Å². The average molecular weight is 218 g/mol. The Hall–Kier alpha value is -2.30. The molecule has 16 heavy (non-hydrogen) atoms. The molecule has 5 nitrogen and oxygen atoms in total. The van der Waals surface area contributed by atoms with Gasteiger partial charge in [0.2, 0.25) is 5.88 Å². The van der Waals surface area contributed by atoms with Crippen molar-refractivity contribution in [3.05, 3.63) is 41.9 Å². The number of carboxylic acid groups (broad SMARTS) is 1. The fourth-order valence-electron chi connectivity index (χ4n) is 1.57. The standard InChI is InChI=1S/C11H10N2O3/c1-7-12-10(14)6-13(7)9-5-3-2-4-8(9)11(15)16/h2-6,14H,1H3,(H,15,16). The van der Waals surface area contributed by atoms with Gasteiger partial charge in [-0.2, -0.15) is 4.98 Å². The molecule has 2 aromatic rings. The second kappa shape index (κ2) is 3.69. The highest BCUT2D eigenvalue weighted by molar-refractivity contribution is 5.91. The van der Waals surface area contributed by atoms with Crippen molar-refractivity contribution in [2.75, 3.05) is 0 Å². The quantitative estimate of drug-likeness (QED) is 0.802. The average Bonchev–Trinajstić information content (AvgIpc) is 2.57. The van der Waals surface area contributed by atoms with E-state index >= 15 is 0 Å². The molecule has 0 saturated heterocycles. The predicted octanol–water partition coefficient (Wildman–Crippen LogP) is 1.58. The number of para-hydroxylation sites is 1. The molecule has 0 aliphatic rings. The fourth-order valence-corrected chi connectivity index (χ4v) is 1.57. The fraction of sp³-hybridized carbons (Fsp3) is 0.0909. The van der Waals surface area contributed by atoms with Crippen LogP contribution in [0.4, 0.5) is 0 Å². The Morgan fingerprint density at radius 2 is 2.06 bits per heavy atom. The van der Waals surface area contributed by atoms with Crippen LogP contribution in [0.2, 0.25) is 0 Å². The number of rotatable bonds is 2. The first-order valence-electron chi connectivity index (χ1n) is 4.67. The highest BCUT2D eigenvalue weighted by atomic mass is 16.4. The van der Waals surface area contributed by atoms with Crippen LogP contribution in [0.1, 0.15) is 16.2 Å². The Morgan fingerprint density at radius 3 is 2.62 bits per heavy atom. The van der Waals surface area contributed by atoms with Crippen LogP contribution in [0.3, 0.4) is 0 Å². The number of hydrogen-bond acceptors (Lipinski definition) is 3. The maximum absolute atomic E-state index is 11.0. The van der Waals surface area contributed by atoms with E-state index in [1.54, 1.807) is 29.7 Å². The minimum absolute atomic E-state index is 0.127. The van der Waals surface area contributed by atoms with Crippen molar-refractivity contribution in [2.24, 2.45) is 0 Å². The van der Waals surface area contributed by atoms with Crippen molar-refractivity contribution >= 4 is 5.97 Å². The molecule has 82 valence electrons. The smallest absolute Gasteiger partial charge is 0.337 e. The highest BCUT2D eigenvalue weighted by Crippen LogP contribution is 2.19. The second-order valence-corrected chi connectivity index (χ2v) is 3.34. The van der Waals surface area contributed by atoms with Gasteiger partial charge in [-0.15, -0.1) is 0 Å². The van der Waals surface area contributed by atoms with Gasteiger partial charge in [-0.1, -0.05) is 12.1 Å². The summed E-state index contributed by atoms with van der Waals surface area (Å²) in [5, 5.41) is 18.3. The van der Waals surface area contributed by atoms with E-state index in [4.69, 9.17) is 5.11 Å².